The third kappa shape index (κ3) is 1.53. The van der Waals surface area contributed by atoms with Gasteiger partial charge in [0.2, 0.25) is 5.91 Å². The Labute approximate surface area is 67.5 Å². The molecule has 2 N–H and O–H groups in total. The molecule has 1 rings (SSSR count). The summed E-state index contributed by atoms with van der Waals surface area (Å²) in [7, 11) is 0. The minimum atomic E-state index is -0.232. The Morgan fingerprint density at radius 1 is 1.82 bits per heavy atom. The number of likely N-dealkylation sites (tertiary alicyclic amines) is 1. The number of rotatable bonds is 2. The molecule has 2 unspecified atom stereocenters. The average molecular weight is 156 g/mol. The molecule has 1 heterocycles. The first-order valence-corrected chi connectivity index (χ1v) is 4.23. The van der Waals surface area contributed by atoms with Crippen LogP contribution in [0.15, 0.2) is 0 Å². The molecular formula is C8H16N2O. The van der Waals surface area contributed by atoms with Gasteiger partial charge in [-0.3, -0.25) is 4.79 Å². The maximum atomic E-state index is 11.3. The Morgan fingerprint density at radius 3 is 2.82 bits per heavy atom. The quantitative estimate of drug-likeness (QED) is 0.627. The second kappa shape index (κ2) is 3.22. The molecule has 0 bridgehead atoms. The summed E-state index contributed by atoms with van der Waals surface area (Å²) in [6.07, 6.45) is 1.83. The Hall–Kier alpha value is -0.570. The zero-order chi connectivity index (χ0) is 8.43. The molecule has 0 spiro atoms. The lowest BCUT2D eigenvalue weighted by atomic mass is 10.2. The van der Waals surface area contributed by atoms with Gasteiger partial charge < -0.3 is 10.6 Å². The number of hydrogen-bond acceptors (Lipinski definition) is 2. The van der Waals surface area contributed by atoms with Crippen LogP contribution < -0.4 is 5.73 Å². The summed E-state index contributed by atoms with van der Waals surface area (Å²) in [5, 5.41) is 0. The molecule has 0 aromatic rings. The van der Waals surface area contributed by atoms with Gasteiger partial charge in [-0.15, -0.1) is 0 Å². The molecule has 64 valence electrons. The van der Waals surface area contributed by atoms with Crippen molar-refractivity contribution in [3.8, 4) is 0 Å². The Kier molecular flexibility index (Phi) is 2.49. The van der Waals surface area contributed by atoms with Crippen LogP contribution in [0.4, 0.5) is 0 Å². The molecule has 1 saturated heterocycles. The summed E-state index contributed by atoms with van der Waals surface area (Å²) < 4.78 is 0. The van der Waals surface area contributed by atoms with Crippen LogP contribution in [0.2, 0.25) is 0 Å². The predicted octanol–water partition coefficient (Wildman–Crippen LogP) is 0.345. The first-order chi connectivity index (χ1) is 5.16. The van der Waals surface area contributed by atoms with E-state index >= 15 is 0 Å². The fourth-order valence-corrected chi connectivity index (χ4v) is 1.38. The van der Waals surface area contributed by atoms with Gasteiger partial charge in [0.25, 0.3) is 0 Å². The van der Waals surface area contributed by atoms with Crippen molar-refractivity contribution in [3.63, 3.8) is 0 Å². The highest BCUT2D eigenvalue weighted by molar-refractivity contribution is 5.83. The van der Waals surface area contributed by atoms with Crippen LogP contribution in [0.25, 0.3) is 0 Å². The number of amides is 1. The highest BCUT2D eigenvalue weighted by Gasteiger charge is 2.30. The van der Waals surface area contributed by atoms with Gasteiger partial charge in [-0.05, 0) is 19.8 Å². The predicted molar refractivity (Wildman–Crippen MR) is 44.1 cm³/mol. The van der Waals surface area contributed by atoms with E-state index in [-0.39, 0.29) is 11.9 Å². The van der Waals surface area contributed by atoms with Crippen molar-refractivity contribution >= 4 is 5.91 Å². The summed E-state index contributed by atoms with van der Waals surface area (Å²) in [5.41, 5.74) is 5.57. The lowest BCUT2D eigenvalue weighted by Gasteiger charge is -2.22. The fourth-order valence-electron chi connectivity index (χ4n) is 1.38. The standard InChI is InChI=1S/C8H16N2O/c1-3-6(2)10-5-4-7(9)8(10)11/h6-7H,3-5,9H2,1-2H3. The van der Waals surface area contributed by atoms with Crippen LogP contribution in [0.1, 0.15) is 26.7 Å². The lowest BCUT2D eigenvalue weighted by Crippen LogP contribution is -2.39. The van der Waals surface area contributed by atoms with Gasteiger partial charge in [-0.2, -0.15) is 0 Å². The highest BCUT2D eigenvalue weighted by Crippen LogP contribution is 2.14. The smallest absolute Gasteiger partial charge is 0.239 e. The van der Waals surface area contributed by atoms with Crippen LogP contribution in [0.3, 0.4) is 0 Å². The van der Waals surface area contributed by atoms with Crippen molar-refractivity contribution in [2.75, 3.05) is 6.54 Å². The minimum Gasteiger partial charge on any atom is -0.339 e. The largest absolute Gasteiger partial charge is 0.339 e. The number of nitrogens with zero attached hydrogens (tertiary/aromatic N) is 1. The van der Waals surface area contributed by atoms with E-state index in [2.05, 4.69) is 13.8 Å². The van der Waals surface area contributed by atoms with Gasteiger partial charge >= 0.3 is 0 Å². The van der Waals surface area contributed by atoms with Gasteiger partial charge in [-0.1, -0.05) is 6.92 Å². The fraction of sp³-hybridized carbons (Fsp3) is 0.875. The molecule has 0 radical (unpaired) electrons. The number of nitrogens with two attached hydrogens (primary N) is 1. The van der Waals surface area contributed by atoms with Crippen LogP contribution in [-0.2, 0) is 4.79 Å². The van der Waals surface area contributed by atoms with E-state index in [4.69, 9.17) is 5.73 Å². The summed E-state index contributed by atoms with van der Waals surface area (Å²) in [6.45, 7) is 4.99. The van der Waals surface area contributed by atoms with E-state index in [0.29, 0.717) is 6.04 Å². The van der Waals surface area contributed by atoms with Crippen LogP contribution in [0.5, 0.6) is 0 Å². The number of carbonyl (C=O) groups is 1. The monoisotopic (exact) mass is 156 g/mol. The van der Waals surface area contributed by atoms with E-state index in [1.165, 1.54) is 0 Å². The van der Waals surface area contributed by atoms with Crippen molar-refractivity contribution < 1.29 is 4.79 Å². The van der Waals surface area contributed by atoms with Gasteiger partial charge in [0, 0.05) is 12.6 Å². The minimum absolute atomic E-state index is 0.124. The maximum Gasteiger partial charge on any atom is 0.239 e. The van der Waals surface area contributed by atoms with Crippen molar-refractivity contribution in [3.05, 3.63) is 0 Å². The van der Waals surface area contributed by atoms with E-state index in [9.17, 15) is 4.79 Å². The van der Waals surface area contributed by atoms with E-state index in [1.54, 1.807) is 0 Å². The molecule has 1 aliphatic heterocycles. The van der Waals surface area contributed by atoms with Crippen LogP contribution >= 0.6 is 0 Å². The molecule has 0 aromatic carbocycles. The molecule has 3 nitrogen and oxygen atoms in total. The van der Waals surface area contributed by atoms with Gasteiger partial charge in [0.15, 0.2) is 0 Å². The zero-order valence-corrected chi connectivity index (χ0v) is 7.21. The van der Waals surface area contributed by atoms with E-state index in [1.807, 2.05) is 4.90 Å². The average Bonchev–Trinajstić information content (AvgIpc) is 2.32. The molecular weight excluding hydrogens is 140 g/mol. The normalized spacial score (nSPS) is 27.7. The molecule has 0 aliphatic carbocycles. The number of hydrogen-bond donors (Lipinski definition) is 1. The molecule has 1 amide bonds. The zero-order valence-electron chi connectivity index (χ0n) is 7.21. The topological polar surface area (TPSA) is 46.3 Å². The van der Waals surface area contributed by atoms with Crippen molar-refractivity contribution in [1.29, 1.82) is 0 Å². The molecule has 0 aromatic heterocycles. The molecule has 2 atom stereocenters. The SMILES string of the molecule is CCC(C)N1CCC(N)C1=O. The molecule has 1 fully saturated rings. The molecule has 1 aliphatic rings. The van der Waals surface area contributed by atoms with Crippen LogP contribution in [-0.4, -0.2) is 29.4 Å². The van der Waals surface area contributed by atoms with Gasteiger partial charge in [-0.25, -0.2) is 0 Å². The van der Waals surface area contributed by atoms with Crippen molar-refractivity contribution in [2.45, 2.75) is 38.8 Å². The van der Waals surface area contributed by atoms with Crippen molar-refractivity contribution in [1.82, 2.24) is 4.90 Å². The third-order valence-electron chi connectivity index (χ3n) is 2.40. The highest BCUT2D eigenvalue weighted by atomic mass is 16.2. The Bertz CT molecular complexity index is 158. The molecule has 11 heavy (non-hydrogen) atoms. The lowest BCUT2D eigenvalue weighted by molar-refractivity contribution is -0.130. The summed E-state index contributed by atoms with van der Waals surface area (Å²) in [6, 6.07) is 0.125. The maximum absolute atomic E-state index is 11.3. The summed E-state index contributed by atoms with van der Waals surface area (Å²) >= 11 is 0. The van der Waals surface area contributed by atoms with Gasteiger partial charge in [0.05, 0.1) is 6.04 Å². The summed E-state index contributed by atoms with van der Waals surface area (Å²) in [5.74, 6) is 0.124. The van der Waals surface area contributed by atoms with E-state index < -0.39 is 0 Å². The van der Waals surface area contributed by atoms with Crippen LogP contribution in [0, 0.1) is 0 Å². The second-order valence-electron chi connectivity index (χ2n) is 3.18. The third-order valence-corrected chi connectivity index (χ3v) is 2.40. The van der Waals surface area contributed by atoms with E-state index in [0.717, 1.165) is 19.4 Å². The first kappa shape index (κ1) is 8.53. The number of carbonyl (C=O) groups excluding carboxylic acids is 1. The molecule has 0 saturated carbocycles. The molecule has 3 heteroatoms. The van der Waals surface area contributed by atoms with Crippen molar-refractivity contribution in [2.24, 2.45) is 5.73 Å². The second-order valence-corrected chi connectivity index (χ2v) is 3.18. The Morgan fingerprint density at radius 2 is 2.45 bits per heavy atom. The first-order valence-electron chi connectivity index (χ1n) is 4.23. The Balaban J connectivity index is 2.54. The van der Waals surface area contributed by atoms with Gasteiger partial charge in [0.1, 0.15) is 0 Å². The summed E-state index contributed by atoms with van der Waals surface area (Å²) in [4.78, 5) is 13.2.